The van der Waals surface area contributed by atoms with Gasteiger partial charge < -0.3 is 14.8 Å². The summed E-state index contributed by atoms with van der Waals surface area (Å²) in [7, 11) is 0. The summed E-state index contributed by atoms with van der Waals surface area (Å²) in [5.74, 6) is 0.847. The Morgan fingerprint density at radius 3 is 2.61 bits per heavy atom. The maximum Gasteiger partial charge on any atom is 0.119 e. The van der Waals surface area contributed by atoms with E-state index in [1.807, 2.05) is 42.5 Å². The normalized spacial score (nSPS) is 17.0. The SMILES string of the molecule is S=C(NC[C@H]1CCCO1)c1ccc(OCc2ccccc2)cc1. The first-order valence-corrected chi connectivity index (χ1v) is 8.39. The van der Waals surface area contributed by atoms with Crippen LogP contribution in [0.3, 0.4) is 0 Å². The highest BCUT2D eigenvalue weighted by Gasteiger charge is 2.15. The summed E-state index contributed by atoms with van der Waals surface area (Å²) in [4.78, 5) is 0.759. The van der Waals surface area contributed by atoms with Crippen LogP contribution in [0.15, 0.2) is 54.6 Å². The third-order valence-electron chi connectivity index (χ3n) is 3.88. The zero-order valence-electron chi connectivity index (χ0n) is 13.0. The van der Waals surface area contributed by atoms with E-state index >= 15 is 0 Å². The van der Waals surface area contributed by atoms with E-state index in [1.54, 1.807) is 0 Å². The van der Waals surface area contributed by atoms with E-state index in [0.29, 0.717) is 12.7 Å². The number of thiocarbonyl (C=S) groups is 1. The van der Waals surface area contributed by atoms with Crippen LogP contribution < -0.4 is 10.1 Å². The van der Waals surface area contributed by atoms with Crippen molar-refractivity contribution in [2.75, 3.05) is 13.2 Å². The first-order valence-electron chi connectivity index (χ1n) is 7.98. The predicted octanol–water partition coefficient (Wildman–Crippen LogP) is 3.71. The van der Waals surface area contributed by atoms with E-state index in [9.17, 15) is 0 Å². The van der Waals surface area contributed by atoms with Crippen molar-refractivity contribution in [3.8, 4) is 5.75 Å². The van der Waals surface area contributed by atoms with Crippen LogP contribution in [0.25, 0.3) is 0 Å². The standard InChI is InChI=1S/C19H21NO2S/c23-19(20-13-18-7-4-12-21-18)16-8-10-17(11-9-16)22-14-15-5-2-1-3-6-15/h1-3,5-6,8-11,18H,4,7,12-14H2,(H,20,23)/t18-/m1/s1. The summed E-state index contributed by atoms with van der Waals surface area (Å²) in [5.41, 5.74) is 2.16. The highest BCUT2D eigenvalue weighted by molar-refractivity contribution is 7.80. The second-order valence-corrected chi connectivity index (χ2v) is 6.05. The van der Waals surface area contributed by atoms with Crippen LogP contribution in [0.4, 0.5) is 0 Å². The van der Waals surface area contributed by atoms with Crippen molar-refractivity contribution in [2.24, 2.45) is 0 Å². The molecule has 2 aromatic carbocycles. The lowest BCUT2D eigenvalue weighted by Gasteiger charge is -2.13. The first kappa shape index (κ1) is 16.0. The van der Waals surface area contributed by atoms with Crippen molar-refractivity contribution >= 4 is 17.2 Å². The van der Waals surface area contributed by atoms with E-state index in [-0.39, 0.29) is 0 Å². The molecule has 0 saturated carbocycles. The summed E-state index contributed by atoms with van der Waals surface area (Å²) < 4.78 is 11.4. The third-order valence-corrected chi connectivity index (χ3v) is 4.26. The topological polar surface area (TPSA) is 30.5 Å². The van der Waals surface area contributed by atoms with Crippen molar-refractivity contribution in [3.05, 3.63) is 65.7 Å². The average Bonchev–Trinajstić information content (AvgIpc) is 3.13. The molecule has 0 aromatic heterocycles. The number of hydrogen-bond acceptors (Lipinski definition) is 3. The third kappa shape index (κ3) is 4.78. The summed E-state index contributed by atoms with van der Waals surface area (Å²) in [6.45, 7) is 2.22. The Kier molecular flexibility index (Phi) is 5.61. The summed E-state index contributed by atoms with van der Waals surface area (Å²) in [6.07, 6.45) is 2.55. The van der Waals surface area contributed by atoms with Crippen LogP contribution in [0.2, 0.25) is 0 Å². The molecule has 0 bridgehead atoms. The molecule has 1 aliphatic rings. The summed E-state index contributed by atoms with van der Waals surface area (Å²) >= 11 is 5.43. The summed E-state index contributed by atoms with van der Waals surface area (Å²) in [5, 5.41) is 3.28. The first-order chi connectivity index (χ1) is 11.3. The smallest absolute Gasteiger partial charge is 0.119 e. The lowest BCUT2D eigenvalue weighted by molar-refractivity contribution is 0.114. The lowest BCUT2D eigenvalue weighted by atomic mass is 10.2. The van der Waals surface area contributed by atoms with Gasteiger partial charge in [-0.15, -0.1) is 0 Å². The highest BCUT2D eigenvalue weighted by Crippen LogP contribution is 2.15. The number of nitrogens with one attached hydrogen (secondary N) is 1. The maximum atomic E-state index is 5.78. The number of ether oxygens (including phenoxy) is 2. The predicted molar refractivity (Wildman–Crippen MR) is 95.9 cm³/mol. The van der Waals surface area contributed by atoms with E-state index < -0.39 is 0 Å². The highest BCUT2D eigenvalue weighted by atomic mass is 32.1. The van der Waals surface area contributed by atoms with Gasteiger partial charge >= 0.3 is 0 Å². The van der Waals surface area contributed by atoms with Crippen molar-refractivity contribution < 1.29 is 9.47 Å². The average molecular weight is 327 g/mol. The Morgan fingerprint density at radius 2 is 1.91 bits per heavy atom. The lowest BCUT2D eigenvalue weighted by Crippen LogP contribution is -2.31. The van der Waals surface area contributed by atoms with Gasteiger partial charge in [0.05, 0.1) is 6.10 Å². The van der Waals surface area contributed by atoms with Crippen LogP contribution in [-0.4, -0.2) is 24.2 Å². The minimum atomic E-state index is 0.293. The summed E-state index contributed by atoms with van der Waals surface area (Å²) in [6, 6.07) is 18.0. The van der Waals surface area contributed by atoms with Gasteiger partial charge in [0.1, 0.15) is 17.3 Å². The molecule has 1 N–H and O–H groups in total. The molecule has 0 radical (unpaired) electrons. The molecule has 0 aliphatic carbocycles. The van der Waals surface area contributed by atoms with Crippen LogP contribution in [0.5, 0.6) is 5.75 Å². The Labute approximate surface area is 142 Å². The fourth-order valence-electron chi connectivity index (χ4n) is 2.56. The molecule has 23 heavy (non-hydrogen) atoms. The molecule has 0 spiro atoms. The number of hydrogen-bond donors (Lipinski definition) is 1. The van der Waals surface area contributed by atoms with Crippen molar-refractivity contribution in [2.45, 2.75) is 25.6 Å². The minimum Gasteiger partial charge on any atom is -0.489 e. The molecular formula is C19H21NO2S. The molecule has 1 heterocycles. The second-order valence-electron chi connectivity index (χ2n) is 5.64. The molecule has 1 atom stereocenters. The van der Waals surface area contributed by atoms with Gasteiger partial charge in [-0.25, -0.2) is 0 Å². The molecule has 2 aromatic rings. The monoisotopic (exact) mass is 327 g/mol. The molecule has 0 amide bonds. The van der Waals surface area contributed by atoms with E-state index in [0.717, 1.165) is 47.9 Å². The fourth-order valence-corrected chi connectivity index (χ4v) is 2.78. The van der Waals surface area contributed by atoms with Crippen LogP contribution >= 0.6 is 12.2 Å². The molecule has 3 rings (SSSR count). The molecule has 1 fully saturated rings. The zero-order valence-corrected chi connectivity index (χ0v) is 13.9. The molecular weight excluding hydrogens is 306 g/mol. The molecule has 0 unspecified atom stereocenters. The molecule has 3 nitrogen and oxygen atoms in total. The van der Waals surface area contributed by atoms with Gasteiger partial charge in [0.2, 0.25) is 0 Å². The van der Waals surface area contributed by atoms with Gasteiger partial charge in [0.25, 0.3) is 0 Å². The fraction of sp³-hybridized carbons (Fsp3) is 0.316. The number of rotatable bonds is 6. The van der Waals surface area contributed by atoms with Crippen LogP contribution in [0, 0.1) is 0 Å². The van der Waals surface area contributed by atoms with E-state index in [4.69, 9.17) is 21.7 Å². The Morgan fingerprint density at radius 1 is 1.13 bits per heavy atom. The Bertz CT molecular complexity index is 622. The van der Waals surface area contributed by atoms with Crippen LogP contribution in [-0.2, 0) is 11.3 Å². The Balaban J connectivity index is 1.49. The van der Waals surface area contributed by atoms with E-state index in [2.05, 4.69) is 17.4 Å². The largest absolute Gasteiger partial charge is 0.489 e. The van der Waals surface area contributed by atoms with Crippen molar-refractivity contribution in [1.29, 1.82) is 0 Å². The molecule has 4 heteroatoms. The Hall–Kier alpha value is -1.91. The van der Waals surface area contributed by atoms with Gasteiger partial charge in [-0.2, -0.15) is 0 Å². The van der Waals surface area contributed by atoms with Crippen molar-refractivity contribution in [1.82, 2.24) is 5.32 Å². The van der Waals surface area contributed by atoms with Gasteiger partial charge in [-0.05, 0) is 42.7 Å². The van der Waals surface area contributed by atoms with Crippen molar-refractivity contribution in [3.63, 3.8) is 0 Å². The van der Waals surface area contributed by atoms with Gasteiger partial charge in [0, 0.05) is 18.7 Å². The van der Waals surface area contributed by atoms with Gasteiger partial charge in [-0.3, -0.25) is 0 Å². The molecule has 1 saturated heterocycles. The maximum absolute atomic E-state index is 5.78. The second kappa shape index (κ2) is 8.09. The molecule has 1 aliphatic heterocycles. The van der Waals surface area contributed by atoms with Crippen LogP contribution in [0.1, 0.15) is 24.0 Å². The van der Waals surface area contributed by atoms with E-state index in [1.165, 1.54) is 0 Å². The zero-order chi connectivity index (χ0) is 15.9. The van der Waals surface area contributed by atoms with Gasteiger partial charge in [-0.1, -0.05) is 42.5 Å². The van der Waals surface area contributed by atoms with Gasteiger partial charge in [0.15, 0.2) is 0 Å². The number of benzene rings is 2. The quantitative estimate of drug-likeness (QED) is 0.819. The minimum absolute atomic E-state index is 0.293. The molecule has 120 valence electrons.